The standard InChI is InChI=1S/C20H17N3O3S/c21-9-10-23-19(24)18(27-20(23)25)11-16-3-1-2-4-17(16)26-13-15-7-5-14(12-22)6-8-15/h1-8,11H,9-10,13,21H2/b18-11+. The van der Waals surface area contributed by atoms with E-state index in [1.807, 2.05) is 30.3 Å². The Hall–Kier alpha value is -3.08. The van der Waals surface area contributed by atoms with Gasteiger partial charge in [0, 0.05) is 18.7 Å². The van der Waals surface area contributed by atoms with Crippen molar-refractivity contribution in [2.45, 2.75) is 6.61 Å². The van der Waals surface area contributed by atoms with Crippen LogP contribution in [0.15, 0.2) is 53.4 Å². The zero-order valence-electron chi connectivity index (χ0n) is 14.4. The molecule has 2 N–H and O–H groups in total. The molecule has 2 aromatic rings. The van der Waals surface area contributed by atoms with Gasteiger partial charge in [0.2, 0.25) is 0 Å². The highest BCUT2D eigenvalue weighted by molar-refractivity contribution is 8.18. The van der Waals surface area contributed by atoms with Gasteiger partial charge in [-0.2, -0.15) is 5.26 Å². The first kappa shape index (κ1) is 18.7. The fourth-order valence-electron chi connectivity index (χ4n) is 2.53. The summed E-state index contributed by atoms with van der Waals surface area (Å²) in [6, 6.07) is 16.5. The zero-order chi connectivity index (χ0) is 19.2. The van der Waals surface area contributed by atoms with Gasteiger partial charge in [0.15, 0.2) is 0 Å². The molecule has 2 amide bonds. The molecule has 0 spiro atoms. The maximum atomic E-state index is 12.4. The summed E-state index contributed by atoms with van der Waals surface area (Å²) in [5.41, 5.74) is 7.68. The number of hydrogen-bond acceptors (Lipinski definition) is 6. The van der Waals surface area contributed by atoms with Crippen LogP contribution in [0, 0.1) is 11.3 Å². The van der Waals surface area contributed by atoms with Crippen molar-refractivity contribution in [3.63, 3.8) is 0 Å². The molecule has 0 aromatic heterocycles. The Morgan fingerprint density at radius 2 is 1.89 bits per heavy atom. The maximum absolute atomic E-state index is 12.4. The number of amides is 2. The van der Waals surface area contributed by atoms with Gasteiger partial charge in [-0.15, -0.1) is 0 Å². The molecular weight excluding hydrogens is 362 g/mol. The number of nitrogens with two attached hydrogens (primary N) is 1. The van der Waals surface area contributed by atoms with Crippen molar-refractivity contribution >= 4 is 29.0 Å². The minimum atomic E-state index is -0.336. The summed E-state index contributed by atoms with van der Waals surface area (Å²) in [7, 11) is 0. The van der Waals surface area contributed by atoms with Crippen LogP contribution < -0.4 is 10.5 Å². The molecule has 0 unspecified atom stereocenters. The molecule has 1 fully saturated rings. The molecule has 0 aliphatic carbocycles. The highest BCUT2D eigenvalue weighted by Gasteiger charge is 2.34. The van der Waals surface area contributed by atoms with Crippen LogP contribution in [0.25, 0.3) is 6.08 Å². The summed E-state index contributed by atoms with van der Waals surface area (Å²) in [6.07, 6.45) is 1.66. The number of ether oxygens (including phenoxy) is 1. The van der Waals surface area contributed by atoms with Crippen molar-refractivity contribution in [3.8, 4) is 11.8 Å². The van der Waals surface area contributed by atoms with Crippen LogP contribution >= 0.6 is 11.8 Å². The highest BCUT2D eigenvalue weighted by atomic mass is 32.2. The molecule has 7 heteroatoms. The molecule has 1 saturated heterocycles. The van der Waals surface area contributed by atoms with E-state index >= 15 is 0 Å². The predicted octanol–water partition coefficient (Wildman–Crippen LogP) is 3.13. The SMILES string of the molecule is N#Cc1ccc(COc2ccccc2/C=C2/SC(=O)N(CCN)C2=O)cc1. The minimum Gasteiger partial charge on any atom is -0.488 e. The molecule has 0 saturated carbocycles. The first-order valence-corrected chi connectivity index (χ1v) is 9.10. The van der Waals surface area contributed by atoms with E-state index in [0.29, 0.717) is 28.4 Å². The number of hydrogen-bond donors (Lipinski definition) is 1. The molecule has 136 valence electrons. The second kappa shape index (κ2) is 8.54. The molecule has 3 rings (SSSR count). The maximum Gasteiger partial charge on any atom is 0.293 e. The quantitative estimate of drug-likeness (QED) is 0.775. The van der Waals surface area contributed by atoms with E-state index in [2.05, 4.69) is 6.07 Å². The lowest BCUT2D eigenvalue weighted by Gasteiger charge is -2.10. The zero-order valence-corrected chi connectivity index (χ0v) is 15.2. The van der Waals surface area contributed by atoms with Gasteiger partial charge in [-0.05, 0) is 41.6 Å². The molecule has 1 heterocycles. The summed E-state index contributed by atoms with van der Waals surface area (Å²) in [5.74, 6) is 0.268. The number of carbonyl (C=O) groups excluding carboxylic acids is 2. The van der Waals surface area contributed by atoms with Crippen LogP contribution in [0.5, 0.6) is 5.75 Å². The monoisotopic (exact) mass is 379 g/mol. The van der Waals surface area contributed by atoms with Crippen LogP contribution in [-0.4, -0.2) is 29.1 Å². The van der Waals surface area contributed by atoms with Crippen LogP contribution in [0.3, 0.4) is 0 Å². The summed E-state index contributed by atoms with van der Waals surface area (Å²) in [5, 5.41) is 8.54. The number of carbonyl (C=O) groups is 2. The number of nitrogens with zero attached hydrogens (tertiary/aromatic N) is 2. The lowest BCUT2D eigenvalue weighted by Crippen LogP contribution is -2.33. The van der Waals surface area contributed by atoms with Crippen LogP contribution in [0.4, 0.5) is 4.79 Å². The molecule has 6 nitrogen and oxygen atoms in total. The number of benzene rings is 2. The van der Waals surface area contributed by atoms with E-state index in [0.717, 1.165) is 22.2 Å². The lowest BCUT2D eigenvalue weighted by atomic mass is 10.1. The van der Waals surface area contributed by atoms with E-state index < -0.39 is 0 Å². The summed E-state index contributed by atoms with van der Waals surface area (Å²) < 4.78 is 5.88. The number of thioether (sulfide) groups is 1. The molecule has 0 radical (unpaired) electrons. The predicted molar refractivity (Wildman–Crippen MR) is 104 cm³/mol. The third kappa shape index (κ3) is 4.37. The van der Waals surface area contributed by atoms with Gasteiger partial charge in [-0.3, -0.25) is 14.5 Å². The van der Waals surface area contributed by atoms with Crippen LogP contribution in [-0.2, 0) is 11.4 Å². The van der Waals surface area contributed by atoms with Gasteiger partial charge < -0.3 is 10.5 Å². The topological polar surface area (TPSA) is 96.4 Å². The number of para-hydroxylation sites is 1. The smallest absolute Gasteiger partial charge is 0.293 e. The number of imide groups is 1. The van der Waals surface area contributed by atoms with Gasteiger partial charge in [0.25, 0.3) is 11.1 Å². The third-order valence-electron chi connectivity index (χ3n) is 3.91. The minimum absolute atomic E-state index is 0.207. The number of rotatable bonds is 6. The second-order valence-corrected chi connectivity index (χ2v) is 6.75. The Kier molecular flexibility index (Phi) is 5.91. The van der Waals surface area contributed by atoms with Crippen molar-refractivity contribution < 1.29 is 14.3 Å². The van der Waals surface area contributed by atoms with Gasteiger partial charge in [0.1, 0.15) is 12.4 Å². The van der Waals surface area contributed by atoms with Crippen molar-refractivity contribution in [2.75, 3.05) is 13.1 Å². The second-order valence-electron chi connectivity index (χ2n) is 5.76. The first-order chi connectivity index (χ1) is 13.1. The van der Waals surface area contributed by atoms with E-state index in [4.69, 9.17) is 15.7 Å². The summed E-state index contributed by atoms with van der Waals surface area (Å²) >= 11 is 0.901. The highest BCUT2D eigenvalue weighted by Crippen LogP contribution is 2.33. The Morgan fingerprint density at radius 1 is 1.15 bits per heavy atom. The van der Waals surface area contributed by atoms with Crippen molar-refractivity contribution in [3.05, 3.63) is 70.1 Å². The lowest BCUT2D eigenvalue weighted by molar-refractivity contribution is -0.122. The van der Waals surface area contributed by atoms with Gasteiger partial charge in [-0.25, -0.2) is 0 Å². The molecule has 0 bridgehead atoms. The average Bonchev–Trinajstić information content (AvgIpc) is 2.95. The Labute approximate surface area is 161 Å². The molecule has 1 aliphatic rings. The Balaban J connectivity index is 1.77. The van der Waals surface area contributed by atoms with E-state index in [-0.39, 0.29) is 24.2 Å². The summed E-state index contributed by atoms with van der Waals surface area (Å²) in [6.45, 7) is 0.764. The first-order valence-electron chi connectivity index (χ1n) is 8.28. The van der Waals surface area contributed by atoms with Crippen molar-refractivity contribution in [1.82, 2.24) is 4.90 Å². The van der Waals surface area contributed by atoms with Crippen molar-refractivity contribution in [2.24, 2.45) is 5.73 Å². The van der Waals surface area contributed by atoms with Crippen LogP contribution in [0.2, 0.25) is 0 Å². The third-order valence-corrected chi connectivity index (χ3v) is 4.82. The van der Waals surface area contributed by atoms with Crippen LogP contribution in [0.1, 0.15) is 16.7 Å². The molecule has 1 aliphatic heterocycles. The average molecular weight is 379 g/mol. The summed E-state index contributed by atoms with van der Waals surface area (Å²) in [4.78, 5) is 25.8. The molecular formula is C20H17N3O3S. The van der Waals surface area contributed by atoms with E-state index in [1.54, 1.807) is 24.3 Å². The van der Waals surface area contributed by atoms with E-state index in [1.165, 1.54) is 0 Å². The largest absolute Gasteiger partial charge is 0.488 e. The van der Waals surface area contributed by atoms with Gasteiger partial charge in [0.05, 0.1) is 16.5 Å². The molecule has 2 aromatic carbocycles. The molecule has 27 heavy (non-hydrogen) atoms. The number of nitriles is 1. The Morgan fingerprint density at radius 3 is 2.59 bits per heavy atom. The molecule has 0 atom stereocenters. The van der Waals surface area contributed by atoms with Gasteiger partial charge >= 0.3 is 0 Å². The normalized spacial score (nSPS) is 15.3. The van der Waals surface area contributed by atoms with Crippen molar-refractivity contribution in [1.29, 1.82) is 5.26 Å². The van der Waals surface area contributed by atoms with E-state index in [9.17, 15) is 9.59 Å². The van der Waals surface area contributed by atoms with Gasteiger partial charge in [-0.1, -0.05) is 30.3 Å². The fourth-order valence-corrected chi connectivity index (χ4v) is 3.39. The Bertz CT molecular complexity index is 932. The fraction of sp³-hybridized carbons (Fsp3) is 0.150.